The van der Waals surface area contributed by atoms with Gasteiger partial charge in [0.1, 0.15) is 0 Å². The van der Waals surface area contributed by atoms with Crippen LogP contribution in [0.1, 0.15) is 49.9 Å². The Morgan fingerprint density at radius 2 is 1.14 bits per heavy atom. The fourth-order valence-corrected chi connectivity index (χ4v) is 12.1. The van der Waals surface area contributed by atoms with Gasteiger partial charge in [0, 0.05) is 33.1 Å². The van der Waals surface area contributed by atoms with Crippen molar-refractivity contribution in [2.24, 2.45) is 0 Å². The van der Waals surface area contributed by atoms with Crippen molar-refractivity contribution in [1.82, 2.24) is 4.98 Å². The third-order valence-corrected chi connectivity index (χ3v) is 13.5. The van der Waals surface area contributed by atoms with Gasteiger partial charge in [0.15, 0.2) is 0 Å². The van der Waals surface area contributed by atoms with Crippen molar-refractivity contribution < 1.29 is 0 Å². The number of pyridine rings is 1. The normalized spacial score (nSPS) is 17.7. The van der Waals surface area contributed by atoms with Gasteiger partial charge < -0.3 is 0 Å². The maximum Gasteiger partial charge on any atom is 0.0709 e. The summed E-state index contributed by atoms with van der Waals surface area (Å²) in [7, 11) is 0. The van der Waals surface area contributed by atoms with E-state index in [1.54, 1.807) is 0 Å². The Morgan fingerprint density at radius 3 is 1.75 bits per heavy atom. The van der Waals surface area contributed by atoms with Crippen LogP contribution in [0, 0.1) is 0 Å². The Balaban J connectivity index is 1.62. The van der Waals surface area contributed by atoms with E-state index >= 15 is 0 Å². The molecule has 0 amide bonds. The molecule has 3 heterocycles. The van der Waals surface area contributed by atoms with Crippen LogP contribution in [0.25, 0.3) is 22.2 Å². The average Bonchev–Trinajstić information content (AvgIpc) is 2.90. The highest BCUT2D eigenvalue weighted by Gasteiger charge is 2.49. The highest BCUT2D eigenvalue weighted by Crippen LogP contribution is 2.59. The van der Waals surface area contributed by atoms with Crippen molar-refractivity contribution in [3.8, 4) is 11.3 Å². The van der Waals surface area contributed by atoms with Crippen molar-refractivity contribution >= 4 is 44.7 Å². The molecule has 0 aliphatic carbocycles. The molecule has 7 rings (SSSR count). The molecule has 0 spiro atoms. The summed E-state index contributed by atoms with van der Waals surface area (Å²) in [6, 6.07) is 33.2. The molecule has 36 heavy (non-hydrogen) atoms. The Kier molecular flexibility index (Phi) is 4.46. The second-order valence-electron chi connectivity index (χ2n) is 11.2. The first kappa shape index (κ1) is 22.2. The molecule has 0 atom stereocenters. The molecule has 2 aliphatic rings. The van der Waals surface area contributed by atoms with E-state index in [9.17, 15) is 0 Å². The molecule has 4 aromatic carbocycles. The summed E-state index contributed by atoms with van der Waals surface area (Å²) >= 11 is 6.88. The summed E-state index contributed by atoms with van der Waals surface area (Å²) in [4.78, 5) is 5.09. The first-order chi connectivity index (χ1) is 17.2. The van der Waals surface area contributed by atoms with Crippen molar-refractivity contribution in [2.45, 2.75) is 38.5 Å². The summed E-state index contributed by atoms with van der Waals surface area (Å²) in [5, 5.41) is 5.30. The maximum absolute atomic E-state index is 6.88. The molecule has 1 nitrogen and oxygen atoms in total. The van der Waals surface area contributed by atoms with Gasteiger partial charge in [0.2, 0.25) is 0 Å². The first-order valence-electron chi connectivity index (χ1n) is 12.6. The highest BCUT2D eigenvalue weighted by atomic mass is 32.4. The lowest BCUT2D eigenvalue weighted by Crippen LogP contribution is -2.50. The molecule has 5 aromatic rings. The SMILES string of the molecule is CC1(C)c2ccccc2P2(=S)c3ccccc3C(C)(C)c3cc(-c4ccc5ccccc5n4)cc1c32. The Morgan fingerprint density at radius 1 is 0.611 bits per heavy atom. The standard InChI is InChI=1S/C33H28NPS/c1-32(2)23-12-6-9-15-29(23)35(36)30-16-10-7-13-24(30)33(3,4)26-20-22(19-25(32)31(26)35)28-18-17-21-11-5-8-14-27(21)34-28/h5-20H,1-4H3. The molecule has 3 heteroatoms. The Labute approximate surface area is 218 Å². The number of aromatic nitrogens is 1. The predicted octanol–water partition coefficient (Wildman–Crippen LogP) is 6.94. The first-order valence-corrected chi connectivity index (χ1v) is 15.4. The fourth-order valence-electron chi connectivity index (χ4n) is 6.52. The largest absolute Gasteiger partial charge is 0.248 e. The topological polar surface area (TPSA) is 12.9 Å². The molecule has 0 fully saturated rings. The summed E-state index contributed by atoms with van der Waals surface area (Å²) in [6.07, 6.45) is 0. The summed E-state index contributed by atoms with van der Waals surface area (Å²) in [5.41, 5.74) is 8.39. The second-order valence-corrected chi connectivity index (χ2v) is 15.5. The van der Waals surface area contributed by atoms with Crippen LogP contribution in [0.5, 0.6) is 0 Å². The van der Waals surface area contributed by atoms with Crippen molar-refractivity contribution in [3.63, 3.8) is 0 Å². The van der Waals surface area contributed by atoms with E-state index in [1.807, 2.05) is 0 Å². The number of para-hydroxylation sites is 1. The predicted molar refractivity (Wildman–Crippen MR) is 158 cm³/mol. The van der Waals surface area contributed by atoms with Crippen LogP contribution < -0.4 is 15.9 Å². The Bertz CT molecular complexity index is 1690. The van der Waals surface area contributed by atoms with Gasteiger partial charge in [-0.15, -0.1) is 0 Å². The van der Waals surface area contributed by atoms with Crippen molar-refractivity contribution in [3.05, 3.63) is 119 Å². The monoisotopic (exact) mass is 501 g/mol. The number of hydrogen-bond acceptors (Lipinski definition) is 2. The molecule has 176 valence electrons. The van der Waals surface area contributed by atoms with Gasteiger partial charge in [-0.3, -0.25) is 0 Å². The highest BCUT2D eigenvalue weighted by molar-refractivity contribution is 8.25. The maximum atomic E-state index is 6.88. The van der Waals surface area contributed by atoms with E-state index in [2.05, 4.69) is 125 Å². The zero-order valence-corrected chi connectivity index (χ0v) is 22.8. The zero-order valence-electron chi connectivity index (χ0n) is 21.0. The van der Waals surface area contributed by atoms with Gasteiger partial charge in [0.05, 0.1) is 11.2 Å². The average molecular weight is 502 g/mol. The number of benzene rings is 4. The van der Waals surface area contributed by atoms with Gasteiger partial charge in [-0.25, -0.2) is 4.98 Å². The van der Waals surface area contributed by atoms with E-state index < -0.39 is 6.04 Å². The fraction of sp³-hybridized carbons (Fsp3) is 0.182. The van der Waals surface area contributed by atoms with E-state index in [0.717, 1.165) is 11.2 Å². The van der Waals surface area contributed by atoms with Gasteiger partial charge in [-0.05, 0) is 57.1 Å². The van der Waals surface area contributed by atoms with E-state index in [4.69, 9.17) is 16.8 Å². The van der Waals surface area contributed by atoms with E-state index in [0.29, 0.717) is 0 Å². The van der Waals surface area contributed by atoms with Gasteiger partial charge in [-0.2, -0.15) is 0 Å². The minimum Gasteiger partial charge on any atom is -0.248 e. The number of nitrogens with zero attached hydrogens (tertiary/aromatic N) is 1. The van der Waals surface area contributed by atoms with Gasteiger partial charge in [-0.1, -0.05) is 112 Å². The summed E-state index contributed by atoms with van der Waals surface area (Å²) in [6.45, 7) is 9.47. The molecular weight excluding hydrogens is 473 g/mol. The molecule has 2 aliphatic heterocycles. The van der Waals surface area contributed by atoms with E-state index in [1.165, 1.54) is 49.1 Å². The molecule has 0 saturated heterocycles. The number of hydrogen-bond donors (Lipinski definition) is 0. The molecule has 0 saturated carbocycles. The minimum atomic E-state index is -2.21. The van der Waals surface area contributed by atoms with E-state index in [-0.39, 0.29) is 10.8 Å². The minimum absolute atomic E-state index is 0.155. The Hall–Kier alpha value is -3.06. The molecular formula is C33H28NPS. The van der Waals surface area contributed by atoms with Crippen molar-refractivity contribution in [1.29, 1.82) is 0 Å². The molecule has 0 bridgehead atoms. The van der Waals surface area contributed by atoms with Gasteiger partial charge in [0.25, 0.3) is 0 Å². The third kappa shape index (κ3) is 2.72. The number of rotatable bonds is 1. The van der Waals surface area contributed by atoms with Crippen LogP contribution in [-0.4, -0.2) is 4.98 Å². The number of fused-ring (bicyclic) bond motifs is 5. The molecule has 0 unspecified atom stereocenters. The second kappa shape index (κ2) is 7.25. The van der Waals surface area contributed by atoms with Crippen LogP contribution >= 0.6 is 6.04 Å². The van der Waals surface area contributed by atoms with Crippen LogP contribution in [0.15, 0.2) is 97.1 Å². The van der Waals surface area contributed by atoms with Crippen LogP contribution in [0.2, 0.25) is 0 Å². The van der Waals surface area contributed by atoms with Crippen molar-refractivity contribution in [2.75, 3.05) is 0 Å². The van der Waals surface area contributed by atoms with Crippen LogP contribution in [0.3, 0.4) is 0 Å². The van der Waals surface area contributed by atoms with Gasteiger partial charge >= 0.3 is 0 Å². The summed E-state index contributed by atoms with van der Waals surface area (Å²) < 4.78 is 0. The lowest BCUT2D eigenvalue weighted by Gasteiger charge is -2.49. The molecule has 0 N–H and O–H groups in total. The van der Waals surface area contributed by atoms with Crippen LogP contribution in [-0.2, 0) is 22.6 Å². The molecule has 0 radical (unpaired) electrons. The summed E-state index contributed by atoms with van der Waals surface area (Å²) in [5.74, 6) is 0. The smallest absolute Gasteiger partial charge is 0.0709 e. The molecule has 1 aromatic heterocycles. The van der Waals surface area contributed by atoms with Crippen LogP contribution in [0.4, 0.5) is 0 Å². The lowest BCUT2D eigenvalue weighted by molar-refractivity contribution is 0.624. The zero-order chi connectivity index (χ0) is 24.9. The third-order valence-electron chi connectivity index (χ3n) is 8.50. The lowest BCUT2D eigenvalue weighted by atomic mass is 9.71. The quantitative estimate of drug-likeness (QED) is 0.231.